The number of thioether (sulfide) groups is 1. The van der Waals surface area contributed by atoms with Gasteiger partial charge in [-0.2, -0.15) is 18.3 Å². The third kappa shape index (κ3) is 7.78. The largest absolute Gasteiger partial charge is 0.489 e. The number of halogens is 5. The highest BCUT2D eigenvalue weighted by molar-refractivity contribution is 8.02. The molecule has 0 bridgehead atoms. The van der Waals surface area contributed by atoms with Gasteiger partial charge in [0.25, 0.3) is 0 Å². The molecule has 45 heavy (non-hydrogen) atoms. The van der Waals surface area contributed by atoms with Crippen LogP contribution in [0.15, 0.2) is 53.7 Å². The lowest BCUT2D eigenvalue weighted by Crippen LogP contribution is -2.40. The molecule has 1 aromatic heterocycles. The summed E-state index contributed by atoms with van der Waals surface area (Å²) in [5, 5.41) is 8.19. The number of carbonyl (C=O) groups is 1. The summed E-state index contributed by atoms with van der Waals surface area (Å²) in [4.78, 5) is 17.3. The Morgan fingerprint density at radius 2 is 1.87 bits per heavy atom. The minimum Gasteiger partial charge on any atom is -0.489 e. The van der Waals surface area contributed by atoms with Crippen molar-refractivity contribution >= 4 is 51.0 Å². The predicted octanol–water partition coefficient (Wildman–Crippen LogP) is 6.38. The number of alkyl halides is 2. The number of rotatable bonds is 12. The number of nitrogens with zero attached hydrogens (tertiary/aromatic N) is 3. The van der Waals surface area contributed by atoms with Gasteiger partial charge in [-0.25, -0.2) is 17.6 Å². The maximum absolute atomic E-state index is 13.9. The molecule has 2 aromatic carbocycles. The topological polar surface area (TPSA) is 119 Å². The van der Waals surface area contributed by atoms with E-state index in [1.807, 2.05) is 0 Å². The number of carbonyl (C=O) groups excluding carboxylic acids is 1. The Bertz CT molecular complexity index is 1720. The summed E-state index contributed by atoms with van der Waals surface area (Å²) in [6, 6.07) is 8.48. The molecule has 2 fully saturated rings. The summed E-state index contributed by atoms with van der Waals surface area (Å²) < 4.78 is 84.4. The first kappa shape index (κ1) is 33.2. The molecule has 5 rings (SSSR count). The summed E-state index contributed by atoms with van der Waals surface area (Å²) in [6.07, 6.45) is 3.36. The highest BCUT2D eigenvalue weighted by atomic mass is 35.5. The molecule has 2 heterocycles. The summed E-state index contributed by atoms with van der Waals surface area (Å²) in [6.45, 7) is -2.89. The van der Waals surface area contributed by atoms with Crippen molar-refractivity contribution in [2.45, 2.75) is 42.2 Å². The number of hydrogen-bond donors (Lipinski definition) is 0. The SMILES string of the molecule is N#Cc1cc(S(=O)(=O)N2CCS[C@H]2C(=O)O[C@@H](Cc2c(Cl)cncc2Cl)c2ccc(OC(F)F)c(OCC3CC3)c2)ccc1F. The fraction of sp³-hybridized carbons (Fsp3) is 0.345. The molecule has 1 saturated heterocycles. The molecule has 16 heteroatoms. The molecule has 0 N–H and O–H groups in total. The number of benzene rings is 2. The second kappa shape index (κ2) is 14.0. The second-order valence-corrected chi connectivity index (χ2v) is 14.0. The molecular formula is C29H24Cl2F3N3O6S2. The van der Waals surface area contributed by atoms with Gasteiger partial charge in [-0.1, -0.05) is 29.3 Å². The standard InChI is InChI=1S/C29H24Cl2F3N3O6S2/c30-21-13-36-14-22(31)20(21)11-25(17-3-6-24(43-29(33)34)26(10-17)41-15-16-1-2-16)42-28(38)27-37(7-8-44-27)45(39,40)19-4-5-23(32)18(9-19)12-35/h3-6,9-10,13-14,16,25,27,29H,1-2,7-8,11,15H2/t25-,27-/m0/s1. The van der Waals surface area contributed by atoms with E-state index in [2.05, 4.69) is 9.72 Å². The van der Waals surface area contributed by atoms with E-state index in [0.29, 0.717) is 11.1 Å². The minimum atomic E-state index is -4.35. The van der Waals surface area contributed by atoms with Gasteiger partial charge in [0.2, 0.25) is 10.0 Å². The van der Waals surface area contributed by atoms with Crippen molar-refractivity contribution in [3.63, 3.8) is 0 Å². The van der Waals surface area contributed by atoms with Gasteiger partial charge < -0.3 is 14.2 Å². The number of aromatic nitrogens is 1. The smallest absolute Gasteiger partial charge is 0.387 e. The molecule has 0 amide bonds. The van der Waals surface area contributed by atoms with Crippen LogP contribution in [-0.2, 0) is 26.0 Å². The number of esters is 1. The maximum atomic E-state index is 13.9. The van der Waals surface area contributed by atoms with E-state index in [0.717, 1.165) is 47.1 Å². The molecule has 1 aliphatic carbocycles. The zero-order valence-electron chi connectivity index (χ0n) is 23.2. The molecule has 1 aliphatic heterocycles. The van der Waals surface area contributed by atoms with Gasteiger partial charge in [-0.3, -0.25) is 4.98 Å². The van der Waals surface area contributed by atoms with Crippen LogP contribution in [0, 0.1) is 23.1 Å². The van der Waals surface area contributed by atoms with Crippen molar-refractivity contribution in [2.24, 2.45) is 5.92 Å². The number of hydrogen-bond acceptors (Lipinski definition) is 9. The normalized spacial score (nSPS) is 17.6. The maximum Gasteiger partial charge on any atom is 0.387 e. The monoisotopic (exact) mass is 701 g/mol. The third-order valence-electron chi connectivity index (χ3n) is 7.04. The number of nitriles is 1. The first-order valence-corrected chi connectivity index (χ1v) is 16.8. The van der Waals surface area contributed by atoms with Crippen molar-refractivity contribution in [1.82, 2.24) is 9.29 Å². The number of ether oxygens (including phenoxy) is 3. The molecule has 9 nitrogen and oxygen atoms in total. The Balaban J connectivity index is 1.47. The van der Waals surface area contributed by atoms with Crippen LogP contribution in [0.5, 0.6) is 11.5 Å². The lowest BCUT2D eigenvalue weighted by Gasteiger charge is -2.26. The van der Waals surface area contributed by atoms with Gasteiger partial charge in [-0.05, 0) is 60.2 Å². The Labute approximate surface area is 271 Å². The van der Waals surface area contributed by atoms with Crippen molar-refractivity contribution in [3.8, 4) is 17.6 Å². The first-order valence-electron chi connectivity index (χ1n) is 13.5. The van der Waals surface area contributed by atoms with E-state index in [9.17, 15) is 31.6 Å². The molecule has 2 aliphatic rings. The van der Waals surface area contributed by atoms with Gasteiger partial charge in [-0.15, -0.1) is 11.8 Å². The lowest BCUT2D eigenvalue weighted by atomic mass is 10.0. The van der Waals surface area contributed by atoms with Gasteiger partial charge >= 0.3 is 12.6 Å². The summed E-state index contributed by atoms with van der Waals surface area (Å²) >= 11 is 13.7. The fourth-order valence-corrected chi connectivity index (χ4v) is 8.13. The quantitative estimate of drug-likeness (QED) is 0.198. The number of sulfonamides is 1. The molecule has 0 spiro atoms. The van der Waals surface area contributed by atoms with Crippen LogP contribution in [0.2, 0.25) is 10.0 Å². The average Bonchev–Trinajstić information content (AvgIpc) is 3.69. The molecule has 3 aromatic rings. The van der Waals surface area contributed by atoms with Gasteiger partial charge in [0.05, 0.1) is 27.1 Å². The van der Waals surface area contributed by atoms with Crippen LogP contribution in [0.1, 0.15) is 35.6 Å². The van der Waals surface area contributed by atoms with Gasteiger partial charge in [0.15, 0.2) is 16.9 Å². The van der Waals surface area contributed by atoms with E-state index >= 15 is 0 Å². The molecule has 1 saturated carbocycles. The van der Waals surface area contributed by atoms with Crippen LogP contribution in [0.3, 0.4) is 0 Å². The van der Waals surface area contributed by atoms with Crippen molar-refractivity contribution in [1.29, 1.82) is 5.26 Å². The summed E-state index contributed by atoms with van der Waals surface area (Å²) in [5.74, 6) is -1.48. The average molecular weight is 703 g/mol. The molecule has 238 valence electrons. The molecular weight excluding hydrogens is 678 g/mol. The van der Waals surface area contributed by atoms with Crippen LogP contribution >= 0.6 is 35.0 Å². The number of pyridine rings is 1. The minimum absolute atomic E-state index is 0.0109. The van der Waals surface area contributed by atoms with Crippen LogP contribution in [0.4, 0.5) is 13.2 Å². The summed E-state index contributed by atoms with van der Waals surface area (Å²) in [7, 11) is -4.35. The van der Waals surface area contributed by atoms with E-state index in [1.165, 1.54) is 30.6 Å². The summed E-state index contributed by atoms with van der Waals surface area (Å²) in [5.41, 5.74) is 0.222. The Morgan fingerprint density at radius 1 is 1.13 bits per heavy atom. The second-order valence-electron chi connectivity index (χ2n) is 10.1. The zero-order valence-corrected chi connectivity index (χ0v) is 26.3. The van der Waals surface area contributed by atoms with Crippen molar-refractivity contribution in [2.75, 3.05) is 18.9 Å². The van der Waals surface area contributed by atoms with Gasteiger partial charge in [0.1, 0.15) is 18.0 Å². The fourth-order valence-electron chi connectivity index (χ4n) is 4.54. The van der Waals surface area contributed by atoms with Crippen LogP contribution < -0.4 is 9.47 Å². The molecule has 0 radical (unpaired) electrons. The van der Waals surface area contributed by atoms with Crippen LogP contribution in [0.25, 0.3) is 0 Å². The molecule has 2 atom stereocenters. The highest BCUT2D eigenvalue weighted by Crippen LogP contribution is 2.39. The Hall–Kier alpha value is -3.22. The van der Waals surface area contributed by atoms with E-state index < -0.39 is 45.5 Å². The Kier molecular flexibility index (Phi) is 10.3. The third-order valence-corrected chi connectivity index (χ3v) is 10.9. The zero-order chi connectivity index (χ0) is 32.3. The van der Waals surface area contributed by atoms with Gasteiger partial charge in [0, 0.05) is 31.1 Å². The molecule has 0 unspecified atom stereocenters. The lowest BCUT2D eigenvalue weighted by molar-refractivity contribution is -0.150. The van der Waals surface area contributed by atoms with Crippen LogP contribution in [-0.4, -0.2) is 54.6 Å². The van der Waals surface area contributed by atoms with Crippen molar-refractivity contribution in [3.05, 3.63) is 81.3 Å². The van der Waals surface area contributed by atoms with E-state index in [4.69, 9.17) is 32.7 Å². The van der Waals surface area contributed by atoms with E-state index in [-0.39, 0.29) is 57.7 Å². The van der Waals surface area contributed by atoms with Crippen molar-refractivity contribution < 1.29 is 40.6 Å². The predicted molar refractivity (Wildman–Crippen MR) is 159 cm³/mol. The first-order chi connectivity index (χ1) is 21.5. The van der Waals surface area contributed by atoms with E-state index in [1.54, 1.807) is 6.07 Å². The highest BCUT2D eigenvalue weighted by Gasteiger charge is 2.42. The Morgan fingerprint density at radius 3 is 2.53 bits per heavy atom.